The Bertz CT molecular complexity index is 633. The van der Waals surface area contributed by atoms with Crippen molar-refractivity contribution in [2.75, 3.05) is 19.8 Å². The molecule has 1 fully saturated rings. The third-order valence-electron chi connectivity index (χ3n) is 4.21. The maximum atomic E-state index is 13.1. The van der Waals surface area contributed by atoms with Gasteiger partial charge in [0.25, 0.3) is 5.91 Å². The molecule has 4 nitrogen and oxygen atoms in total. The molecular formula is C19H23NO3S. The summed E-state index contributed by atoms with van der Waals surface area (Å²) < 4.78 is 10.9. The fraction of sp³-hybridized carbons (Fsp3) is 0.421. The molecule has 0 atom stereocenters. The van der Waals surface area contributed by atoms with Gasteiger partial charge >= 0.3 is 0 Å². The van der Waals surface area contributed by atoms with Crippen molar-refractivity contribution in [1.82, 2.24) is 4.90 Å². The lowest BCUT2D eigenvalue weighted by Gasteiger charge is -2.34. The zero-order valence-corrected chi connectivity index (χ0v) is 14.8. The van der Waals surface area contributed by atoms with Crippen molar-refractivity contribution in [3.8, 4) is 5.75 Å². The van der Waals surface area contributed by atoms with E-state index in [1.54, 1.807) is 11.3 Å². The lowest BCUT2D eigenvalue weighted by atomic mass is 10.0. The first-order valence-corrected chi connectivity index (χ1v) is 9.30. The molecule has 5 heteroatoms. The lowest BCUT2D eigenvalue weighted by molar-refractivity contribution is 0.0270. The quantitative estimate of drug-likeness (QED) is 0.795. The molecule has 1 saturated heterocycles. The molecular weight excluding hydrogens is 322 g/mol. The molecule has 3 rings (SSSR count). The van der Waals surface area contributed by atoms with Crippen molar-refractivity contribution < 1.29 is 14.3 Å². The Balaban J connectivity index is 1.78. The summed E-state index contributed by atoms with van der Waals surface area (Å²) in [5, 5.41) is 2.05. The maximum Gasteiger partial charge on any atom is 0.254 e. The van der Waals surface area contributed by atoms with Crippen LogP contribution in [0.1, 0.15) is 35.0 Å². The van der Waals surface area contributed by atoms with Crippen LogP contribution in [-0.2, 0) is 11.3 Å². The van der Waals surface area contributed by atoms with Crippen LogP contribution in [0.5, 0.6) is 5.75 Å². The van der Waals surface area contributed by atoms with Gasteiger partial charge in [-0.25, -0.2) is 0 Å². The molecule has 0 aliphatic carbocycles. The monoisotopic (exact) mass is 345 g/mol. The summed E-state index contributed by atoms with van der Waals surface area (Å²) in [7, 11) is 0. The molecule has 2 aromatic rings. The van der Waals surface area contributed by atoms with Crippen LogP contribution < -0.4 is 4.74 Å². The van der Waals surface area contributed by atoms with Gasteiger partial charge in [0.05, 0.1) is 13.2 Å². The van der Waals surface area contributed by atoms with E-state index in [1.807, 2.05) is 42.2 Å². The summed E-state index contributed by atoms with van der Waals surface area (Å²) in [5.74, 6) is 0.878. The van der Waals surface area contributed by atoms with Gasteiger partial charge in [0.1, 0.15) is 5.75 Å². The molecule has 1 aromatic heterocycles. The number of hydrogen-bond donors (Lipinski definition) is 0. The molecule has 1 aliphatic heterocycles. The Morgan fingerprint density at radius 3 is 2.62 bits per heavy atom. The minimum Gasteiger partial charge on any atom is -0.494 e. The van der Waals surface area contributed by atoms with Gasteiger partial charge in [-0.05, 0) is 55.5 Å². The van der Waals surface area contributed by atoms with E-state index in [0.29, 0.717) is 18.7 Å². The highest BCUT2D eigenvalue weighted by Gasteiger charge is 2.27. The highest BCUT2D eigenvalue weighted by atomic mass is 32.1. The summed E-state index contributed by atoms with van der Waals surface area (Å²) in [5.41, 5.74) is 0.710. The number of carbonyl (C=O) groups excluding carboxylic acids is 1. The molecule has 1 aromatic carbocycles. The van der Waals surface area contributed by atoms with Gasteiger partial charge in [0.15, 0.2) is 0 Å². The van der Waals surface area contributed by atoms with Gasteiger partial charge in [0.2, 0.25) is 0 Å². The Morgan fingerprint density at radius 1 is 1.25 bits per heavy atom. The van der Waals surface area contributed by atoms with Gasteiger partial charge in [-0.3, -0.25) is 4.79 Å². The van der Waals surface area contributed by atoms with E-state index in [-0.39, 0.29) is 11.9 Å². The summed E-state index contributed by atoms with van der Waals surface area (Å²) >= 11 is 1.69. The Labute approximate surface area is 147 Å². The van der Waals surface area contributed by atoms with Crippen LogP contribution in [0.4, 0.5) is 0 Å². The average Bonchev–Trinajstić information content (AvgIpc) is 3.14. The number of thiophene rings is 1. The first-order valence-electron chi connectivity index (χ1n) is 8.42. The number of rotatable bonds is 6. The standard InChI is InChI=1S/C19H23NO3S/c1-2-23-17-7-5-15(6-8-17)19(21)20(14-18-4-3-13-24-18)16-9-11-22-12-10-16/h3-8,13,16H,2,9-12,14H2,1H3. The molecule has 0 saturated carbocycles. The van der Waals surface area contributed by atoms with E-state index in [4.69, 9.17) is 9.47 Å². The molecule has 24 heavy (non-hydrogen) atoms. The number of hydrogen-bond acceptors (Lipinski definition) is 4. The smallest absolute Gasteiger partial charge is 0.254 e. The molecule has 0 N–H and O–H groups in total. The fourth-order valence-corrected chi connectivity index (χ4v) is 3.66. The summed E-state index contributed by atoms with van der Waals surface area (Å²) in [4.78, 5) is 16.3. The SMILES string of the molecule is CCOc1ccc(C(=O)N(Cc2cccs2)C2CCOCC2)cc1. The molecule has 128 valence electrons. The molecule has 0 spiro atoms. The molecule has 1 amide bonds. The molecule has 0 bridgehead atoms. The van der Waals surface area contributed by atoms with Crippen LogP contribution in [0.15, 0.2) is 41.8 Å². The Kier molecular flexibility index (Phi) is 5.88. The van der Waals surface area contributed by atoms with Crippen molar-refractivity contribution in [2.24, 2.45) is 0 Å². The lowest BCUT2D eigenvalue weighted by Crippen LogP contribution is -2.42. The van der Waals surface area contributed by atoms with Crippen molar-refractivity contribution in [3.63, 3.8) is 0 Å². The largest absolute Gasteiger partial charge is 0.494 e. The molecule has 2 heterocycles. The van der Waals surface area contributed by atoms with Crippen LogP contribution >= 0.6 is 11.3 Å². The third kappa shape index (κ3) is 4.16. The maximum absolute atomic E-state index is 13.1. The van der Waals surface area contributed by atoms with Crippen LogP contribution in [0.3, 0.4) is 0 Å². The van der Waals surface area contributed by atoms with Crippen LogP contribution in [0.25, 0.3) is 0 Å². The van der Waals surface area contributed by atoms with E-state index in [2.05, 4.69) is 11.4 Å². The van der Waals surface area contributed by atoms with E-state index < -0.39 is 0 Å². The highest BCUT2D eigenvalue weighted by Crippen LogP contribution is 2.23. The fourth-order valence-electron chi connectivity index (χ4n) is 2.96. The highest BCUT2D eigenvalue weighted by molar-refractivity contribution is 7.09. The second kappa shape index (κ2) is 8.31. The predicted octanol–water partition coefficient (Wildman–Crippen LogP) is 3.97. The Morgan fingerprint density at radius 2 is 2.00 bits per heavy atom. The second-order valence-corrected chi connectivity index (χ2v) is 6.85. The van der Waals surface area contributed by atoms with Crippen molar-refractivity contribution in [3.05, 3.63) is 52.2 Å². The first kappa shape index (κ1) is 17.0. The molecule has 0 unspecified atom stereocenters. The van der Waals surface area contributed by atoms with Gasteiger partial charge in [-0.2, -0.15) is 0 Å². The van der Waals surface area contributed by atoms with Crippen molar-refractivity contribution in [1.29, 1.82) is 0 Å². The van der Waals surface area contributed by atoms with E-state index in [9.17, 15) is 4.79 Å². The number of carbonyl (C=O) groups is 1. The predicted molar refractivity (Wildman–Crippen MR) is 95.6 cm³/mol. The van der Waals surface area contributed by atoms with E-state index >= 15 is 0 Å². The zero-order valence-electron chi connectivity index (χ0n) is 13.9. The topological polar surface area (TPSA) is 38.8 Å². The Hall–Kier alpha value is -1.85. The number of benzene rings is 1. The van der Waals surface area contributed by atoms with E-state index in [0.717, 1.165) is 31.8 Å². The molecule has 1 aliphatic rings. The summed E-state index contributed by atoms with van der Waals surface area (Å²) in [6, 6.07) is 11.8. The first-order chi connectivity index (χ1) is 11.8. The third-order valence-corrected chi connectivity index (χ3v) is 5.07. The van der Waals surface area contributed by atoms with Crippen LogP contribution in [-0.4, -0.2) is 36.7 Å². The van der Waals surface area contributed by atoms with Crippen molar-refractivity contribution in [2.45, 2.75) is 32.4 Å². The van der Waals surface area contributed by atoms with E-state index in [1.165, 1.54) is 4.88 Å². The van der Waals surface area contributed by atoms with Gasteiger partial charge in [0, 0.05) is 29.7 Å². The van der Waals surface area contributed by atoms with Gasteiger partial charge in [-0.1, -0.05) is 6.07 Å². The van der Waals surface area contributed by atoms with Crippen molar-refractivity contribution >= 4 is 17.2 Å². The minimum atomic E-state index is 0.0818. The van der Waals surface area contributed by atoms with Gasteiger partial charge in [-0.15, -0.1) is 11.3 Å². The average molecular weight is 345 g/mol. The summed E-state index contributed by atoms with van der Waals surface area (Å²) in [6.45, 7) is 4.69. The summed E-state index contributed by atoms with van der Waals surface area (Å²) in [6.07, 6.45) is 1.79. The van der Waals surface area contributed by atoms with Gasteiger partial charge < -0.3 is 14.4 Å². The zero-order chi connectivity index (χ0) is 16.8. The second-order valence-electron chi connectivity index (χ2n) is 5.81. The van der Waals surface area contributed by atoms with Crippen LogP contribution in [0, 0.1) is 0 Å². The molecule has 0 radical (unpaired) electrons. The van der Waals surface area contributed by atoms with Crippen LogP contribution in [0.2, 0.25) is 0 Å². The number of amides is 1. The number of nitrogens with zero attached hydrogens (tertiary/aromatic N) is 1. The number of ether oxygens (including phenoxy) is 2. The normalized spacial score (nSPS) is 15.2. The minimum absolute atomic E-state index is 0.0818.